The summed E-state index contributed by atoms with van der Waals surface area (Å²) < 4.78 is 1.53. The lowest BCUT2D eigenvalue weighted by molar-refractivity contribution is 0.225. The topological polar surface area (TPSA) is 53.4 Å². The summed E-state index contributed by atoms with van der Waals surface area (Å²) in [7, 11) is 0. The van der Waals surface area contributed by atoms with Crippen molar-refractivity contribution in [1.82, 2.24) is 19.5 Å². The Bertz CT molecular complexity index is 596. The van der Waals surface area contributed by atoms with Gasteiger partial charge in [0.25, 0.3) is 5.56 Å². The molecule has 1 N–H and O–H groups in total. The van der Waals surface area contributed by atoms with Crippen LogP contribution in [0.4, 0.5) is 0 Å². The molecule has 84 valence electrons. The first-order valence-electron chi connectivity index (χ1n) is 5.48. The van der Waals surface area contributed by atoms with E-state index in [9.17, 15) is 4.79 Å². The van der Waals surface area contributed by atoms with Crippen molar-refractivity contribution < 1.29 is 0 Å². The van der Waals surface area contributed by atoms with E-state index in [1.54, 1.807) is 6.20 Å². The van der Waals surface area contributed by atoms with Crippen LogP contribution in [0.3, 0.4) is 0 Å². The molecule has 0 amide bonds. The molecule has 5 nitrogen and oxygen atoms in total. The molecule has 3 rings (SSSR count). The van der Waals surface area contributed by atoms with Crippen molar-refractivity contribution in [2.24, 2.45) is 0 Å². The van der Waals surface area contributed by atoms with Crippen LogP contribution in [0.25, 0.3) is 5.65 Å². The highest BCUT2D eigenvalue weighted by molar-refractivity contribution is 5.51. The van der Waals surface area contributed by atoms with Gasteiger partial charge in [-0.3, -0.25) is 14.8 Å². The first kappa shape index (κ1) is 9.59. The number of aromatic nitrogens is 3. The largest absolute Gasteiger partial charge is 0.292 e. The van der Waals surface area contributed by atoms with Gasteiger partial charge < -0.3 is 0 Å². The molecule has 0 saturated carbocycles. The Morgan fingerprint density at radius 1 is 1.44 bits per heavy atom. The molecule has 0 unspecified atom stereocenters. The third-order valence-corrected chi connectivity index (χ3v) is 3.18. The highest BCUT2D eigenvalue weighted by atomic mass is 16.1. The van der Waals surface area contributed by atoms with Crippen LogP contribution in [0.15, 0.2) is 17.1 Å². The highest BCUT2D eigenvalue weighted by Gasteiger charge is 2.26. The fraction of sp³-hybridized carbons (Fsp3) is 0.455. The predicted octanol–water partition coefficient (Wildman–Crippen LogP) is 0.747. The molecule has 0 radical (unpaired) electrons. The maximum absolute atomic E-state index is 11.6. The summed E-state index contributed by atoms with van der Waals surface area (Å²) in [6, 6.07) is 1.98. The Morgan fingerprint density at radius 2 is 2.25 bits per heavy atom. The van der Waals surface area contributed by atoms with Crippen LogP contribution in [0, 0.1) is 0 Å². The molecule has 1 aliphatic rings. The smallest absolute Gasteiger partial charge is 0.272 e. The highest BCUT2D eigenvalue weighted by Crippen LogP contribution is 2.25. The Balaban J connectivity index is 2.16. The number of nitrogens with zero attached hydrogens (tertiary/aromatic N) is 3. The molecular weight excluding hydrogens is 204 g/mol. The minimum Gasteiger partial charge on any atom is -0.292 e. The van der Waals surface area contributed by atoms with Crippen molar-refractivity contribution in [3.05, 3.63) is 33.9 Å². The Hall–Kier alpha value is -1.62. The third kappa shape index (κ3) is 1.21. The van der Waals surface area contributed by atoms with Crippen LogP contribution < -0.4 is 5.56 Å². The first-order chi connectivity index (χ1) is 7.66. The molecule has 0 atom stereocenters. The third-order valence-electron chi connectivity index (χ3n) is 3.18. The van der Waals surface area contributed by atoms with Crippen molar-refractivity contribution in [1.29, 1.82) is 0 Å². The molecule has 0 saturated heterocycles. The molecule has 2 aromatic heterocycles. The first-order valence-corrected chi connectivity index (χ1v) is 5.48. The van der Waals surface area contributed by atoms with Crippen molar-refractivity contribution >= 4 is 5.65 Å². The van der Waals surface area contributed by atoms with Crippen LogP contribution in [0.2, 0.25) is 0 Å². The number of hydrogen-bond acceptors (Lipinski definition) is 3. The standard InChI is InChI=1S/C11H14N4O/c1-7(2)14-5-8-9(6-14)13-15-10(16)3-4-12-11(8)15/h3-4,7,13H,5-6H2,1-2H3. The maximum Gasteiger partial charge on any atom is 0.272 e. The zero-order valence-electron chi connectivity index (χ0n) is 9.40. The Kier molecular flexibility index (Phi) is 1.91. The zero-order chi connectivity index (χ0) is 11.3. The van der Waals surface area contributed by atoms with E-state index in [1.165, 1.54) is 10.6 Å². The number of hydrogen-bond donors (Lipinski definition) is 1. The molecule has 16 heavy (non-hydrogen) atoms. The summed E-state index contributed by atoms with van der Waals surface area (Å²) >= 11 is 0. The maximum atomic E-state index is 11.6. The number of aromatic amines is 1. The van der Waals surface area contributed by atoms with Gasteiger partial charge in [-0.05, 0) is 13.8 Å². The van der Waals surface area contributed by atoms with E-state index in [1.807, 2.05) is 0 Å². The number of nitrogens with one attached hydrogen (secondary N) is 1. The molecule has 3 heterocycles. The molecule has 1 aliphatic heterocycles. The van der Waals surface area contributed by atoms with Gasteiger partial charge >= 0.3 is 0 Å². The minimum absolute atomic E-state index is 0.0458. The van der Waals surface area contributed by atoms with E-state index in [0.717, 1.165) is 30.0 Å². The van der Waals surface area contributed by atoms with Crippen molar-refractivity contribution in [3.63, 3.8) is 0 Å². The van der Waals surface area contributed by atoms with Gasteiger partial charge in [0.2, 0.25) is 0 Å². The summed E-state index contributed by atoms with van der Waals surface area (Å²) in [5, 5.41) is 3.13. The predicted molar refractivity (Wildman–Crippen MR) is 60.2 cm³/mol. The zero-order valence-corrected chi connectivity index (χ0v) is 9.40. The molecule has 0 aromatic carbocycles. The quantitative estimate of drug-likeness (QED) is 0.768. The van der Waals surface area contributed by atoms with Crippen LogP contribution >= 0.6 is 0 Å². The Labute approximate surface area is 92.7 Å². The number of H-pyrrole nitrogens is 1. The van der Waals surface area contributed by atoms with Crippen molar-refractivity contribution in [2.75, 3.05) is 0 Å². The minimum atomic E-state index is -0.0458. The van der Waals surface area contributed by atoms with Crippen molar-refractivity contribution in [3.8, 4) is 0 Å². The summed E-state index contributed by atoms with van der Waals surface area (Å²) in [5.74, 6) is 0. The summed E-state index contributed by atoms with van der Waals surface area (Å²) in [5.41, 5.74) is 3.00. The van der Waals surface area contributed by atoms with Gasteiger partial charge in [-0.15, -0.1) is 0 Å². The van der Waals surface area contributed by atoms with E-state index >= 15 is 0 Å². The lowest BCUT2D eigenvalue weighted by atomic mass is 10.3. The molecule has 2 aromatic rings. The van der Waals surface area contributed by atoms with Gasteiger partial charge in [0.1, 0.15) is 0 Å². The van der Waals surface area contributed by atoms with E-state index < -0.39 is 0 Å². The molecule has 0 aliphatic carbocycles. The average Bonchev–Trinajstić information content (AvgIpc) is 2.76. The fourth-order valence-electron chi connectivity index (χ4n) is 2.19. The van der Waals surface area contributed by atoms with E-state index in [2.05, 4.69) is 28.8 Å². The van der Waals surface area contributed by atoms with Gasteiger partial charge in [-0.1, -0.05) is 0 Å². The summed E-state index contributed by atoms with van der Waals surface area (Å²) in [4.78, 5) is 18.2. The number of fused-ring (bicyclic) bond motifs is 3. The monoisotopic (exact) mass is 218 g/mol. The number of rotatable bonds is 1. The van der Waals surface area contributed by atoms with Gasteiger partial charge in [0.15, 0.2) is 5.65 Å². The van der Waals surface area contributed by atoms with E-state index in [0.29, 0.717) is 6.04 Å². The van der Waals surface area contributed by atoms with Crippen LogP contribution in [-0.2, 0) is 13.1 Å². The SMILES string of the molecule is CC(C)N1Cc2[nH]n3c(=O)ccnc3c2C1. The lowest BCUT2D eigenvalue weighted by Gasteiger charge is -2.19. The molecule has 0 bridgehead atoms. The van der Waals surface area contributed by atoms with Gasteiger partial charge in [-0.2, -0.15) is 0 Å². The molecule has 0 fully saturated rings. The molecular formula is C11H14N4O. The summed E-state index contributed by atoms with van der Waals surface area (Å²) in [6.45, 7) is 6.09. The van der Waals surface area contributed by atoms with Gasteiger partial charge in [0.05, 0.1) is 5.69 Å². The lowest BCUT2D eigenvalue weighted by Crippen LogP contribution is -2.25. The normalized spacial score (nSPS) is 16.2. The van der Waals surface area contributed by atoms with Gasteiger partial charge in [0, 0.05) is 37.0 Å². The van der Waals surface area contributed by atoms with Crippen LogP contribution in [0.1, 0.15) is 25.1 Å². The van der Waals surface area contributed by atoms with Gasteiger partial charge in [-0.25, -0.2) is 9.50 Å². The molecule has 5 heteroatoms. The van der Waals surface area contributed by atoms with E-state index in [4.69, 9.17) is 0 Å². The second-order valence-electron chi connectivity index (χ2n) is 4.51. The summed E-state index contributed by atoms with van der Waals surface area (Å²) in [6.07, 6.45) is 1.57. The fourth-order valence-corrected chi connectivity index (χ4v) is 2.19. The van der Waals surface area contributed by atoms with Crippen LogP contribution in [-0.4, -0.2) is 25.5 Å². The Morgan fingerprint density at radius 3 is 3.00 bits per heavy atom. The van der Waals surface area contributed by atoms with Crippen LogP contribution in [0.5, 0.6) is 0 Å². The van der Waals surface area contributed by atoms with E-state index in [-0.39, 0.29) is 5.56 Å². The average molecular weight is 218 g/mol. The second kappa shape index (κ2) is 3.18. The van der Waals surface area contributed by atoms with Crippen molar-refractivity contribution in [2.45, 2.75) is 33.0 Å². The second-order valence-corrected chi connectivity index (χ2v) is 4.51. The molecule has 0 spiro atoms.